The first-order valence-corrected chi connectivity index (χ1v) is 8.07. The van der Waals surface area contributed by atoms with Crippen LogP contribution < -0.4 is 15.4 Å². The molecule has 0 bridgehead atoms. The van der Waals surface area contributed by atoms with Gasteiger partial charge in [0.1, 0.15) is 0 Å². The number of hydrogen-bond donors (Lipinski definition) is 3. The number of amides is 1. The van der Waals surface area contributed by atoms with Crippen molar-refractivity contribution in [2.45, 2.75) is 25.7 Å². The zero-order valence-corrected chi connectivity index (χ0v) is 11.7. The van der Waals surface area contributed by atoms with Crippen molar-refractivity contribution < 1.29 is 13.2 Å². The molecule has 3 N–H and O–H groups in total. The fraction of sp³-hybridized carbons (Fsp3) is 0.909. The third-order valence-electron chi connectivity index (χ3n) is 3.21. The van der Waals surface area contributed by atoms with Gasteiger partial charge in [-0.05, 0) is 38.3 Å². The zero-order valence-electron chi connectivity index (χ0n) is 10.9. The number of hydrogen-bond acceptors (Lipinski definition) is 4. The fourth-order valence-corrected chi connectivity index (χ4v) is 3.21. The Hall–Kier alpha value is -0.660. The maximum absolute atomic E-state index is 11.7. The van der Waals surface area contributed by atoms with Gasteiger partial charge >= 0.3 is 0 Å². The lowest BCUT2D eigenvalue weighted by Crippen LogP contribution is -2.33. The minimum absolute atomic E-state index is 0.156. The normalized spacial score (nSPS) is 17.6. The van der Waals surface area contributed by atoms with Crippen LogP contribution in [0, 0.1) is 5.92 Å². The third-order valence-corrected chi connectivity index (χ3v) is 4.62. The monoisotopic (exact) mass is 277 g/mol. The lowest BCUT2D eigenvalue weighted by atomic mass is 9.96. The summed E-state index contributed by atoms with van der Waals surface area (Å²) in [5, 5.41) is 5.71. The molecule has 1 aliphatic rings. The molecular weight excluding hydrogens is 254 g/mol. The van der Waals surface area contributed by atoms with E-state index in [0.29, 0.717) is 12.3 Å². The van der Waals surface area contributed by atoms with Crippen LogP contribution in [0.1, 0.15) is 25.7 Å². The second-order valence-electron chi connectivity index (χ2n) is 4.62. The van der Waals surface area contributed by atoms with Crippen LogP contribution in [0.5, 0.6) is 0 Å². The molecule has 1 heterocycles. The van der Waals surface area contributed by atoms with Crippen LogP contribution >= 0.6 is 0 Å². The number of sulfonamides is 1. The largest absolute Gasteiger partial charge is 0.359 e. The second kappa shape index (κ2) is 7.70. The molecule has 7 heteroatoms. The summed E-state index contributed by atoms with van der Waals surface area (Å²) in [5.41, 5.74) is 0. The Balaban J connectivity index is 2.20. The van der Waals surface area contributed by atoms with Crippen molar-refractivity contribution in [1.82, 2.24) is 15.4 Å². The van der Waals surface area contributed by atoms with E-state index < -0.39 is 10.0 Å². The van der Waals surface area contributed by atoms with Gasteiger partial charge in [-0.2, -0.15) is 0 Å². The van der Waals surface area contributed by atoms with Gasteiger partial charge in [0.15, 0.2) is 0 Å². The van der Waals surface area contributed by atoms with E-state index in [1.165, 1.54) is 7.05 Å². The second-order valence-corrected chi connectivity index (χ2v) is 6.54. The molecule has 6 nitrogen and oxygen atoms in total. The van der Waals surface area contributed by atoms with E-state index in [1.807, 2.05) is 0 Å². The van der Waals surface area contributed by atoms with Crippen molar-refractivity contribution in [3.05, 3.63) is 0 Å². The van der Waals surface area contributed by atoms with Crippen LogP contribution in [0.2, 0.25) is 0 Å². The maximum Gasteiger partial charge on any atom is 0.221 e. The summed E-state index contributed by atoms with van der Waals surface area (Å²) in [5.74, 6) is 0.503. The van der Waals surface area contributed by atoms with Crippen molar-refractivity contribution in [2.24, 2.45) is 5.92 Å². The Morgan fingerprint density at radius 1 is 1.33 bits per heavy atom. The van der Waals surface area contributed by atoms with Crippen LogP contribution in [0.3, 0.4) is 0 Å². The molecule has 106 valence electrons. The standard InChI is InChI=1S/C11H23N3O3S/c1-12-11(15)4-8-14-18(16,17)9-5-10-2-6-13-7-3-10/h10,13-14H,2-9H2,1H3,(H,12,15). The van der Waals surface area contributed by atoms with Crippen LogP contribution in [-0.2, 0) is 14.8 Å². The maximum atomic E-state index is 11.7. The highest BCUT2D eigenvalue weighted by molar-refractivity contribution is 7.89. The summed E-state index contributed by atoms with van der Waals surface area (Å²) < 4.78 is 25.8. The van der Waals surface area contributed by atoms with Gasteiger partial charge in [0, 0.05) is 20.0 Å². The van der Waals surface area contributed by atoms with Crippen LogP contribution in [-0.4, -0.2) is 46.8 Å². The smallest absolute Gasteiger partial charge is 0.221 e. The molecule has 0 spiro atoms. The van der Waals surface area contributed by atoms with Crippen molar-refractivity contribution in [1.29, 1.82) is 0 Å². The zero-order chi connectivity index (χ0) is 13.4. The van der Waals surface area contributed by atoms with Crippen molar-refractivity contribution in [3.63, 3.8) is 0 Å². The van der Waals surface area contributed by atoms with E-state index in [4.69, 9.17) is 0 Å². The first-order chi connectivity index (χ1) is 8.53. The van der Waals surface area contributed by atoms with Crippen LogP contribution in [0.15, 0.2) is 0 Å². The molecule has 0 aromatic rings. The van der Waals surface area contributed by atoms with Gasteiger partial charge in [-0.3, -0.25) is 4.79 Å². The Morgan fingerprint density at radius 3 is 2.61 bits per heavy atom. The number of nitrogens with one attached hydrogen (secondary N) is 3. The molecule has 0 saturated carbocycles. The Bertz CT molecular complexity index is 351. The Labute approximate surface area is 109 Å². The van der Waals surface area contributed by atoms with Crippen molar-refractivity contribution >= 4 is 15.9 Å². The summed E-state index contributed by atoms with van der Waals surface area (Å²) in [6.07, 6.45) is 2.99. The molecule has 0 unspecified atom stereocenters. The highest BCUT2D eigenvalue weighted by atomic mass is 32.2. The van der Waals surface area contributed by atoms with Gasteiger partial charge in [-0.15, -0.1) is 0 Å². The number of rotatable bonds is 7. The Morgan fingerprint density at radius 2 is 2.00 bits per heavy atom. The van der Waals surface area contributed by atoms with E-state index in [2.05, 4.69) is 15.4 Å². The Kier molecular flexibility index (Phi) is 6.59. The SMILES string of the molecule is CNC(=O)CCNS(=O)(=O)CCC1CCNCC1. The topological polar surface area (TPSA) is 87.3 Å². The summed E-state index contributed by atoms with van der Waals surface area (Å²) in [4.78, 5) is 10.9. The molecule has 1 amide bonds. The van der Waals surface area contributed by atoms with Gasteiger partial charge in [0.2, 0.25) is 15.9 Å². The van der Waals surface area contributed by atoms with Crippen molar-refractivity contribution in [2.75, 3.05) is 32.4 Å². The highest BCUT2D eigenvalue weighted by Crippen LogP contribution is 2.16. The van der Waals surface area contributed by atoms with E-state index >= 15 is 0 Å². The molecule has 18 heavy (non-hydrogen) atoms. The molecule has 0 aliphatic carbocycles. The molecule has 0 radical (unpaired) electrons. The summed E-state index contributed by atoms with van der Waals surface area (Å²) in [6, 6.07) is 0. The molecule has 0 aromatic heterocycles. The van der Waals surface area contributed by atoms with Crippen LogP contribution in [0.25, 0.3) is 0 Å². The van der Waals surface area contributed by atoms with Gasteiger partial charge in [-0.1, -0.05) is 0 Å². The lowest BCUT2D eigenvalue weighted by Gasteiger charge is -2.22. The van der Waals surface area contributed by atoms with Crippen LogP contribution in [0.4, 0.5) is 0 Å². The minimum Gasteiger partial charge on any atom is -0.359 e. The van der Waals surface area contributed by atoms with Gasteiger partial charge in [0.05, 0.1) is 5.75 Å². The van der Waals surface area contributed by atoms with E-state index in [0.717, 1.165) is 25.9 Å². The summed E-state index contributed by atoms with van der Waals surface area (Å²) >= 11 is 0. The summed E-state index contributed by atoms with van der Waals surface area (Å²) in [6.45, 7) is 2.14. The number of carbonyl (C=O) groups is 1. The number of carbonyl (C=O) groups excluding carboxylic acids is 1. The third kappa shape index (κ3) is 6.32. The molecule has 1 saturated heterocycles. The van der Waals surface area contributed by atoms with E-state index in [1.54, 1.807) is 0 Å². The average Bonchev–Trinajstić information content (AvgIpc) is 2.37. The molecule has 1 fully saturated rings. The lowest BCUT2D eigenvalue weighted by molar-refractivity contribution is -0.120. The minimum atomic E-state index is -3.24. The van der Waals surface area contributed by atoms with E-state index in [-0.39, 0.29) is 24.6 Å². The predicted octanol–water partition coefficient (Wildman–Crippen LogP) is -0.568. The number of piperidine rings is 1. The molecule has 1 rings (SSSR count). The molecule has 1 aliphatic heterocycles. The van der Waals surface area contributed by atoms with Gasteiger partial charge in [-0.25, -0.2) is 13.1 Å². The molecule has 0 aromatic carbocycles. The first-order valence-electron chi connectivity index (χ1n) is 6.42. The fourth-order valence-electron chi connectivity index (χ4n) is 2.01. The average molecular weight is 277 g/mol. The molecule has 0 atom stereocenters. The van der Waals surface area contributed by atoms with E-state index in [9.17, 15) is 13.2 Å². The first kappa shape index (κ1) is 15.4. The quantitative estimate of drug-likeness (QED) is 0.582. The summed E-state index contributed by atoms with van der Waals surface area (Å²) in [7, 11) is -1.70. The highest BCUT2D eigenvalue weighted by Gasteiger charge is 2.17. The van der Waals surface area contributed by atoms with Crippen molar-refractivity contribution in [3.8, 4) is 0 Å². The van der Waals surface area contributed by atoms with Gasteiger partial charge in [0.25, 0.3) is 0 Å². The van der Waals surface area contributed by atoms with Gasteiger partial charge < -0.3 is 10.6 Å². The predicted molar refractivity (Wildman–Crippen MR) is 70.7 cm³/mol. The molecular formula is C11H23N3O3S.